The summed E-state index contributed by atoms with van der Waals surface area (Å²) in [6, 6.07) is 14.5. The van der Waals surface area contributed by atoms with Gasteiger partial charge < -0.3 is 29.2 Å². The molecule has 2 saturated heterocycles. The molecule has 4 aromatic rings. The first-order valence-corrected chi connectivity index (χ1v) is 23.7. The molecule has 0 radical (unpaired) electrons. The lowest BCUT2D eigenvalue weighted by Gasteiger charge is -2.37. The number of hydrogen-bond donors (Lipinski definition) is 2. The molecule has 370 valence electrons. The van der Waals surface area contributed by atoms with Gasteiger partial charge in [-0.3, -0.25) is 34.0 Å². The summed E-state index contributed by atoms with van der Waals surface area (Å²) in [6.45, 7) is 14.6. The van der Waals surface area contributed by atoms with Crippen LogP contribution < -0.4 is 10.7 Å². The van der Waals surface area contributed by atoms with Crippen molar-refractivity contribution in [2.24, 2.45) is 23.2 Å². The molecule has 5 heterocycles. The number of hydrazine groups is 1. The molecule has 7 rings (SSSR count). The van der Waals surface area contributed by atoms with E-state index >= 15 is 0 Å². The number of fused-ring (bicyclic) bond motifs is 6. The number of likely N-dealkylation sites (tertiary alicyclic amines) is 1. The number of cyclic esters (lactones) is 1. The first-order valence-electron chi connectivity index (χ1n) is 23.7. The summed E-state index contributed by atoms with van der Waals surface area (Å²) in [5.41, 5.74) is 9.76. The van der Waals surface area contributed by atoms with Gasteiger partial charge in [0.2, 0.25) is 17.7 Å². The minimum absolute atomic E-state index is 0.00884. The van der Waals surface area contributed by atoms with E-state index in [0.717, 1.165) is 60.4 Å². The van der Waals surface area contributed by atoms with Gasteiger partial charge in [-0.25, -0.2) is 5.43 Å². The number of nitrogens with zero attached hydrogens (tertiary/aromatic N) is 5. The average Bonchev–Trinajstić information content (AvgIpc) is 3.92. The number of aromatic nitrogens is 2. The quantitative estimate of drug-likeness (QED) is 0.126. The van der Waals surface area contributed by atoms with E-state index in [-0.39, 0.29) is 25.7 Å². The SMILES string of the molecule is C=CC(=O)N1C[C@@H](C(=O)N(C)C(C(=O)N[C@H]2Cc3cccc(c3)-c3ccc4c(c3)c(c(-c3cccnc3[C@H](C)OC)n4CC)CC(C)(C)COC(=O)[C@@H]3CCCN(N3)C2=O)C(C)C)[C@@H](C(F)(F)F)C1. The van der Waals surface area contributed by atoms with Gasteiger partial charge in [-0.15, -0.1) is 0 Å². The molecule has 6 atom stereocenters. The van der Waals surface area contributed by atoms with Crippen molar-refractivity contribution < 1.29 is 46.6 Å². The number of carbonyl (C=O) groups is 5. The highest BCUT2D eigenvalue weighted by atomic mass is 19.4. The number of methoxy groups -OCH3 is 1. The molecule has 69 heavy (non-hydrogen) atoms. The van der Waals surface area contributed by atoms with E-state index in [1.807, 2.05) is 37.3 Å². The third-order valence-corrected chi connectivity index (χ3v) is 13.8. The van der Waals surface area contributed by atoms with Gasteiger partial charge in [-0.05, 0) is 91.6 Å². The van der Waals surface area contributed by atoms with Crippen molar-refractivity contribution in [3.8, 4) is 22.4 Å². The number of carbonyl (C=O) groups excluding carboxylic acids is 5. The zero-order chi connectivity index (χ0) is 50.1. The van der Waals surface area contributed by atoms with E-state index in [1.165, 1.54) is 12.1 Å². The molecule has 2 aromatic heterocycles. The van der Waals surface area contributed by atoms with E-state index < -0.39 is 90.2 Å². The normalized spacial score (nSPS) is 21.9. The van der Waals surface area contributed by atoms with Crippen molar-refractivity contribution >= 4 is 40.5 Å². The smallest absolute Gasteiger partial charge is 0.394 e. The highest BCUT2D eigenvalue weighted by Crippen LogP contribution is 2.43. The molecule has 4 amide bonds. The summed E-state index contributed by atoms with van der Waals surface area (Å²) in [5, 5.41) is 5.21. The van der Waals surface area contributed by atoms with Gasteiger partial charge in [0.15, 0.2) is 0 Å². The molecule has 0 spiro atoms. The molecule has 14 nitrogen and oxygen atoms in total. The van der Waals surface area contributed by atoms with Crippen LogP contribution in [0.25, 0.3) is 33.3 Å². The summed E-state index contributed by atoms with van der Waals surface area (Å²) < 4.78 is 57.3. The largest absolute Gasteiger partial charge is 0.464 e. The molecule has 2 fully saturated rings. The van der Waals surface area contributed by atoms with Crippen LogP contribution >= 0.6 is 0 Å². The average molecular weight is 956 g/mol. The van der Waals surface area contributed by atoms with Crippen molar-refractivity contribution in [3.05, 3.63) is 90.3 Å². The molecule has 17 heteroatoms. The van der Waals surface area contributed by atoms with Crippen molar-refractivity contribution in [2.75, 3.05) is 40.4 Å². The third kappa shape index (κ3) is 10.6. The number of aryl methyl sites for hydroxylation is 1. The van der Waals surface area contributed by atoms with E-state index in [4.69, 9.17) is 14.5 Å². The molecule has 0 saturated carbocycles. The Balaban J connectivity index is 1.29. The van der Waals surface area contributed by atoms with Crippen molar-refractivity contribution in [3.63, 3.8) is 0 Å². The number of nitrogens with one attached hydrogen (secondary N) is 2. The fourth-order valence-corrected chi connectivity index (χ4v) is 10.3. The lowest BCUT2D eigenvalue weighted by Crippen LogP contribution is -2.62. The van der Waals surface area contributed by atoms with Gasteiger partial charge >= 0.3 is 12.1 Å². The Morgan fingerprint density at radius 2 is 1.81 bits per heavy atom. The molecule has 3 aliphatic heterocycles. The molecule has 0 aliphatic carbocycles. The summed E-state index contributed by atoms with van der Waals surface area (Å²) >= 11 is 0. The topological polar surface area (TPSA) is 155 Å². The second kappa shape index (κ2) is 20.5. The number of esters is 1. The second-order valence-electron chi connectivity index (χ2n) is 19.7. The summed E-state index contributed by atoms with van der Waals surface area (Å²) in [6.07, 6.45) is -1.07. The fraction of sp³-hybridized carbons (Fsp3) is 0.500. The van der Waals surface area contributed by atoms with Crippen LogP contribution in [0.3, 0.4) is 0 Å². The van der Waals surface area contributed by atoms with Crippen LogP contribution in [0, 0.1) is 23.2 Å². The first-order chi connectivity index (χ1) is 32.7. The number of pyridine rings is 1. The van der Waals surface area contributed by atoms with Gasteiger partial charge in [-0.2, -0.15) is 13.2 Å². The van der Waals surface area contributed by atoms with Crippen molar-refractivity contribution in [1.82, 2.24) is 35.1 Å². The predicted molar refractivity (Wildman–Crippen MR) is 255 cm³/mol. The number of alkyl halides is 3. The van der Waals surface area contributed by atoms with Crippen LogP contribution in [0.4, 0.5) is 13.2 Å². The van der Waals surface area contributed by atoms with Crippen LogP contribution in [0.2, 0.25) is 0 Å². The van der Waals surface area contributed by atoms with Crippen LogP contribution in [0.5, 0.6) is 0 Å². The van der Waals surface area contributed by atoms with Crippen molar-refractivity contribution in [2.45, 2.75) is 104 Å². The molecular formula is C52H64F3N7O7. The maximum atomic E-state index is 14.7. The lowest BCUT2D eigenvalue weighted by molar-refractivity contribution is -0.186. The van der Waals surface area contributed by atoms with E-state index in [9.17, 15) is 37.1 Å². The van der Waals surface area contributed by atoms with Crippen LogP contribution in [0.15, 0.2) is 73.4 Å². The lowest BCUT2D eigenvalue weighted by atomic mass is 9.84. The van der Waals surface area contributed by atoms with E-state index in [2.05, 4.69) is 66.9 Å². The third-order valence-electron chi connectivity index (χ3n) is 13.8. The number of benzene rings is 2. The summed E-state index contributed by atoms with van der Waals surface area (Å²) in [5.74, 6) is -7.95. The van der Waals surface area contributed by atoms with Gasteiger partial charge in [0.05, 0.1) is 35.9 Å². The Labute approximate surface area is 401 Å². The van der Waals surface area contributed by atoms with Crippen LogP contribution in [-0.4, -0.2) is 119 Å². The zero-order valence-electron chi connectivity index (χ0n) is 40.7. The second-order valence-corrected chi connectivity index (χ2v) is 19.7. The van der Waals surface area contributed by atoms with Crippen LogP contribution in [0.1, 0.15) is 77.3 Å². The number of likely N-dealkylation sites (N-methyl/N-ethyl adjacent to an activating group) is 1. The first kappa shape index (κ1) is 50.8. The Morgan fingerprint density at radius 1 is 1.07 bits per heavy atom. The Morgan fingerprint density at radius 3 is 2.49 bits per heavy atom. The number of rotatable bonds is 10. The zero-order valence-corrected chi connectivity index (χ0v) is 40.7. The number of hydrogen-bond acceptors (Lipinski definition) is 9. The Bertz CT molecular complexity index is 2610. The molecular weight excluding hydrogens is 892 g/mol. The standard InChI is InChI=1S/C52H64F3N7O7/c1-10-43(63)60-27-38(39(28-60)52(53,54)55)48(65)59(8)45(30(3)4)47(64)57-41-24-32-15-12-16-33(23-32)34-19-20-42-36(25-34)37(46(61(42)11-2)35-17-13-21-56-44(35)31(5)68-9)26-51(6,7)29-69-50(67)40-18-14-22-62(58-40)49(41)66/h10,12-13,15-17,19-21,23,25,30-31,38-41,45,58H,1,11,14,18,22,24,26-29H2,2-9H3,(H,57,64)/t31-,38+,39-,40-,41-,45?/m0/s1. The Hall–Kier alpha value is -6.07. The maximum Gasteiger partial charge on any atom is 0.394 e. The summed E-state index contributed by atoms with van der Waals surface area (Å²) in [4.78, 5) is 76.4. The van der Waals surface area contributed by atoms with Gasteiger partial charge in [0, 0.05) is 74.8 Å². The molecule has 3 aliphatic rings. The minimum atomic E-state index is -4.80. The number of ether oxygens (including phenoxy) is 2. The van der Waals surface area contributed by atoms with Crippen molar-refractivity contribution in [1.29, 1.82) is 0 Å². The highest BCUT2D eigenvalue weighted by Gasteiger charge is 2.54. The van der Waals surface area contributed by atoms with E-state index in [1.54, 1.807) is 27.2 Å². The van der Waals surface area contributed by atoms with Crippen LogP contribution in [-0.2, 0) is 52.8 Å². The highest BCUT2D eigenvalue weighted by molar-refractivity contribution is 5.96. The summed E-state index contributed by atoms with van der Waals surface area (Å²) in [7, 11) is 2.93. The van der Waals surface area contributed by atoms with Gasteiger partial charge in [-0.1, -0.05) is 64.6 Å². The number of amides is 4. The predicted octanol–water partition coefficient (Wildman–Crippen LogP) is 7.05. The van der Waals surface area contributed by atoms with E-state index in [0.29, 0.717) is 31.4 Å². The Kier molecular flexibility index (Phi) is 15.1. The minimum Gasteiger partial charge on any atom is -0.464 e. The van der Waals surface area contributed by atoms with Gasteiger partial charge in [0.25, 0.3) is 5.91 Å². The molecule has 2 N–H and O–H groups in total. The number of halogens is 3. The molecule has 6 bridgehead atoms. The monoisotopic (exact) mass is 955 g/mol. The maximum absolute atomic E-state index is 14.7. The molecule has 2 aromatic carbocycles. The fourth-order valence-electron chi connectivity index (χ4n) is 10.3. The molecule has 1 unspecified atom stereocenters. The van der Waals surface area contributed by atoms with Gasteiger partial charge in [0.1, 0.15) is 18.1 Å².